The first-order valence-corrected chi connectivity index (χ1v) is 13.5. The molecule has 0 saturated carbocycles. The van der Waals surface area contributed by atoms with Gasteiger partial charge in [0, 0.05) is 50.7 Å². The second-order valence-corrected chi connectivity index (χ2v) is 11.2. The lowest BCUT2D eigenvalue weighted by Gasteiger charge is -2.44. The number of aromatic nitrogens is 1. The predicted molar refractivity (Wildman–Crippen MR) is 159 cm³/mol. The first-order chi connectivity index (χ1) is 18.5. The van der Waals surface area contributed by atoms with Crippen LogP contribution in [0.25, 0.3) is 10.9 Å². The quantitative estimate of drug-likeness (QED) is 0.306. The predicted octanol–water partition coefficient (Wildman–Crippen LogP) is 3.01. The van der Waals surface area contributed by atoms with E-state index in [0.717, 1.165) is 22.0 Å². The Balaban J connectivity index is 0.00000441. The van der Waals surface area contributed by atoms with Gasteiger partial charge in [0.15, 0.2) is 0 Å². The zero-order valence-electron chi connectivity index (χ0n) is 23.3. The summed E-state index contributed by atoms with van der Waals surface area (Å²) >= 11 is 0. The van der Waals surface area contributed by atoms with E-state index in [1.165, 1.54) is 5.01 Å². The van der Waals surface area contributed by atoms with Gasteiger partial charge in [0.25, 0.3) is 0 Å². The van der Waals surface area contributed by atoms with Crippen molar-refractivity contribution in [2.45, 2.75) is 58.5 Å². The van der Waals surface area contributed by atoms with Gasteiger partial charge in [0.05, 0.1) is 11.0 Å². The fourth-order valence-electron chi connectivity index (χ4n) is 5.44. The average molecular weight is 549 g/mol. The topological polar surface area (TPSA) is 124 Å². The maximum atomic E-state index is 14.1. The maximum Gasteiger partial charge on any atom is 0.245 e. The Kier molecular flexibility index (Phi) is 9.76. The zero-order valence-corrected chi connectivity index (χ0v) is 23.3. The highest BCUT2D eigenvalue weighted by atomic mass is 16.2. The van der Waals surface area contributed by atoms with Crippen molar-refractivity contribution in [3.05, 3.63) is 71.9 Å². The number of nitrogens with two attached hydrogens (primary N) is 1. The molecule has 9 heteroatoms. The van der Waals surface area contributed by atoms with Crippen molar-refractivity contribution in [1.82, 2.24) is 25.6 Å². The van der Waals surface area contributed by atoms with Gasteiger partial charge in [-0.05, 0) is 50.3 Å². The molecule has 0 radical (unpaired) electrons. The average Bonchev–Trinajstić information content (AvgIpc) is 3.34. The van der Waals surface area contributed by atoms with Gasteiger partial charge in [0.2, 0.25) is 17.7 Å². The summed E-state index contributed by atoms with van der Waals surface area (Å²) in [7, 11) is 3.42. The molecule has 0 bridgehead atoms. The number of benzene rings is 2. The van der Waals surface area contributed by atoms with E-state index in [-0.39, 0.29) is 25.8 Å². The molecule has 0 aliphatic carbocycles. The summed E-state index contributed by atoms with van der Waals surface area (Å²) in [6, 6.07) is 16.9. The molecule has 9 nitrogen and oxygen atoms in total. The van der Waals surface area contributed by atoms with Crippen LogP contribution >= 0.6 is 0 Å². The van der Waals surface area contributed by atoms with Crippen molar-refractivity contribution in [1.29, 1.82) is 0 Å². The summed E-state index contributed by atoms with van der Waals surface area (Å²) in [4.78, 5) is 45.9. The van der Waals surface area contributed by atoms with Gasteiger partial charge in [-0.3, -0.25) is 19.4 Å². The van der Waals surface area contributed by atoms with Crippen LogP contribution in [0.4, 0.5) is 0 Å². The Morgan fingerprint density at radius 1 is 1.12 bits per heavy atom. The number of H-pyrrole nitrogens is 1. The van der Waals surface area contributed by atoms with Crippen LogP contribution in [0.2, 0.25) is 0 Å². The Morgan fingerprint density at radius 2 is 1.80 bits per heavy atom. The Morgan fingerprint density at radius 3 is 2.48 bits per heavy atom. The summed E-state index contributed by atoms with van der Waals surface area (Å²) in [6.07, 6.45) is 4.03. The second kappa shape index (κ2) is 12.7. The minimum absolute atomic E-state index is 0. The molecule has 1 saturated heterocycles. The number of carbonyl (C=O) groups is 3. The highest BCUT2D eigenvalue weighted by Crippen LogP contribution is 2.36. The molecule has 1 aromatic heterocycles. The Labute approximate surface area is 237 Å². The number of likely N-dealkylation sites (tertiary alicyclic amines) is 1. The van der Waals surface area contributed by atoms with Gasteiger partial charge in [-0.1, -0.05) is 56.0 Å². The molecule has 40 heavy (non-hydrogen) atoms. The van der Waals surface area contributed by atoms with E-state index in [2.05, 4.69) is 15.7 Å². The number of rotatable bonds is 9. The summed E-state index contributed by atoms with van der Waals surface area (Å²) in [6.45, 7) is 4.01. The molecule has 3 aromatic rings. The largest absolute Gasteiger partial charge is 0.361 e. The fourth-order valence-corrected chi connectivity index (χ4v) is 5.44. The third-order valence-electron chi connectivity index (χ3n) is 7.66. The number of hydrazine groups is 1. The molecular weight excluding hydrogens is 504 g/mol. The zero-order chi connectivity index (χ0) is 28.2. The van der Waals surface area contributed by atoms with Gasteiger partial charge in [-0.2, -0.15) is 0 Å². The smallest absolute Gasteiger partial charge is 0.245 e. The number of fused-ring (bicyclic) bond motifs is 1. The van der Waals surface area contributed by atoms with E-state index >= 15 is 0 Å². The number of aromatic amines is 1. The van der Waals surface area contributed by atoms with Crippen LogP contribution in [0.1, 0.15) is 45.2 Å². The molecule has 0 unspecified atom stereocenters. The third kappa shape index (κ3) is 6.71. The lowest BCUT2D eigenvalue weighted by Crippen LogP contribution is -2.61. The number of nitrogens with one attached hydrogen (secondary N) is 3. The Hall–Kier alpha value is -3.69. The molecule has 4 rings (SSSR count). The summed E-state index contributed by atoms with van der Waals surface area (Å²) in [5.41, 5.74) is 10.0. The lowest BCUT2D eigenvalue weighted by atomic mass is 9.74. The van der Waals surface area contributed by atoms with E-state index in [4.69, 9.17) is 5.73 Å². The molecule has 2 aromatic carbocycles. The molecule has 1 aliphatic heterocycles. The maximum absolute atomic E-state index is 14.1. The van der Waals surface area contributed by atoms with Crippen molar-refractivity contribution in [2.24, 2.45) is 11.1 Å². The van der Waals surface area contributed by atoms with Crippen LogP contribution in [0, 0.1) is 5.41 Å². The number of hydrogen-bond donors (Lipinski definition) is 4. The normalized spacial score (nSPS) is 18.1. The number of carbonyl (C=O) groups excluding carboxylic acids is 3. The van der Waals surface area contributed by atoms with Crippen molar-refractivity contribution in [2.75, 3.05) is 27.2 Å². The van der Waals surface area contributed by atoms with Crippen molar-refractivity contribution < 1.29 is 14.4 Å². The standard InChI is InChI=1S/C30H40N6O3.CH4/c1-29(2,31)27(38)34-25(17-22-19-33-24-14-9-8-13-23(22)24)26(37)36-16-10-15-30(20-36,28(39)35(4)32-3)18-21-11-6-5-7-12-21;/h5-9,11-14,19,25,32-33H,10,15-18,20,31H2,1-4H3,(H,34,38);1H4/t25-,30-;/m1./s1. The van der Waals surface area contributed by atoms with Crippen molar-refractivity contribution in [3.63, 3.8) is 0 Å². The molecular formula is C31H44N6O3. The summed E-state index contributed by atoms with van der Waals surface area (Å²) in [5.74, 6) is -0.680. The monoisotopic (exact) mass is 548 g/mol. The van der Waals surface area contributed by atoms with Crippen LogP contribution in [-0.4, -0.2) is 71.4 Å². The van der Waals surface area contributed by atoms with Crippen LogP contribution in [0.5, 0.6) is 0 Å². The number of para-hydroxylation sites is 1. The minimum Gasteiger partial charge on any atom is -0.361 e. The molecule has 2 heterocycles. The first kappa shape index (κ1) is 30.8. The molecule has 2 atom stereocenters. The highest BCUT2D eigenvalue weighted by molar-refractivity contribution is 5.93. The molecule has 1 fully saturated rings. The number of amides is 3. The molecule has 216 valence electrons. The van der Waals surface area contributed by atoms with Crippen LogP contribution in [-0.2, 0) is 27.2 Å². The number of hydrogen-bond acceptors (Lipinski definition) is 5. The molecule has 5 N–H and O–H groups in total. The van der Waals surface area contributed by atoms with Gasteiger partial charge >= 0.3 is 0 Å². The van der Waals surface area contributed by atoms with Crippen LogP contribution < -0.4 is 16.5 Å². The summed E-state index contributed by atoms with van der Waals surface area (Å²) < 4.78 is 0. The summed E-state index contributed by atoms with van der Waals surface area (Å²) in [5, 5.41) is 5.42. The number of piperidine rings is 1. The van der Waals surface area contributed by atoms with Crippen molar-refractivity contribution >= 4 is 28.6 Å². The Bertz CT molecular complexity index is 1320. The lowest BCUT2D eigenvalue weighted by molar-refractivity contribution is -0.151. The van der Waals surface area contributed by atoms with Crippen molar-refractivity contribution in [3.8, 4) is 0 Å². The number of nitrogens with zero attached hydrogens (tertiary/aromatic N) is 2. The first-order valence-electron chi connectivity index (χ1n) is 13.5. The van der Waals surface area contributed by atoms with E-state index < -0.39 is 22.9 Å². The van der Waals surface area contributed by atoms with E-state index in [0.29, 0.717) is 32.2 Å². The third-order valence-corrected chi connectivity index (χ3v) is 7.66. The SMILES string of the molecule is C.CNN(C)C(=O)[C@@]1(Cc2ccccc2)CCCN(C(=O)[C@@H](Cc2c[nH]c3ccccc23)NC(=O)C(C)(C)N)C1. The fraction of sp³-hybridized carbons (Fsp3) is 0.452. The van der Waals surface area contributed by atoms with Gasteiger partial charge in [-0.15, -0.1) is 0 Å². The van der Waals surface area contributed by atoms with E-state index in [9.17, 15) is 14.4 Å². The minimum atomic E-state index is -1.15. The van der Waals surface area contributed by atoms with Gasteiger partial charge < -0.3 is 20.9 Å². The van der Waals surface area contributed by atoms with Gasteiger partial charge in [0.1, 0.15) is 6.04 Å². The molecule has 1 aliphatic rings. The second-order valence-electron chi connectivity index (χ2n) is 11.2. The highest BCUT2D eigenvalue weighted by Gasteiger charge is 2.46. The van der Waals surface area contributed by atoms with Crippen LogP contribution in [0.3, 0.4) is 0 Å². The van der Waals surface area contributed by atoms with E-state index in [1.54, 1.807) is 32.8 Å². The molecule has 3 amide bonds. The molecule has 0 spiro atoms. The van der Waals surface area contributed by atoms with Crippen LogP contribution in [0.15, 0.2) is 60.8 Å². The van der Waals surface area contributed by atoms with E-state index in [1.807, 2.05) is 60.8 Å². The van der Waals surface area contributed by atoms with Gasteiger partial charge in [-0.25, -0.2) is 5.43 Å².